The summed E-state index contributed by atoms with van der Waals surface area (Å²) < 4.78 is 5.35. The average Bonchev–Trinajstić information content (AvgIpc) is 2.52. The number of anilines is 1. The van der Waals surface area contributed by atoms with Crippen LogP contribution in [0.4, 0.5) is 5.82 Å². The monoisotopic (exact) mass is 350 g/mol. The summed E-state index contributed by atoms with van der Waals surface area (Å²) in [7, 11) is 0. The van der Waals surface area contributed by atoms with Gasteiger partial charge in [-0.1, -0.05) is 0 Å². The minimum atomic E-state index is -0.715. The Kier molecular flexibility index (Phi) is 6.35. The first-order chi connectivity index (χ1) is 11.7. The zero-order valence-electron chi connectivity index (χ0n) is 15.9. The van der Waals surface area contributed by atoms with Crippen molar-refractivity contribution in [2.45, 2.75) is 65.2 Å². The molecule has 1 aliphatic heterocycles. The van der Waals surface area contributed by atoms with Crippen LogP contribution in [-0.2, 0) is 4.74 Å². The maximum atomic E-state index is 12.4. The molecule has 0 unspecified atom stereocenters. The third-order valence-electron chi connectivity index (χ3n) is 4.08. The van der Waals surface area contributed by atoms with Crippen molar-refractivity contribution in [2.24, 2.45) is 0 Å². The lowest BCUT2D eigenvalue weighted by atomic mass is 10.0. The molecule has 7 heteroatoms. The van der Waals surface area contributed by atoms with Crippen LogP contribution >= 0.6 is 0 Å². The summed E-state index contributed by atoms with van der Waals surface area (Å²) in [6.07, 6.45) is 1.67. The van der Waals surface area contributed by atoms with E-state index in [1.807, 2.05) is 20.8 Å². The SMILES string of the molecule is Cc1cc(C(=O)OC(C)C)c(N2CCC(NCC(C)(C)O)CC2)nn1. The number of piperidine rings is 1. The standard InChI is InChI=1S/C18H30N4O3/c1-12(2)25-17(23)15-10-13(3)20-21-16(15)22-8-6-14(7-9-22)19-11-18(4,5)24/h10,12,14,19,24H,6-9,11H2,1-5H3. The Morgan fingerprint density at radius 1 is 1.40 bits per heavy atom. The Bertz CT molecular complexity index is 590. The molecule has 0 bridgehead atoms. The second kappa shape index (κ2) is 8.10. The highest BCUT2D eigenvalue weighted by Gasteiger charge is 2.26. The number of aromatic nitrogens is 2. The lowest BCUT2D eigenvalue weighted by molar-refractivity contribution is 0.0377. The van der Waals surface area contributed by atoms with Crippen LogP contribution in [0.1, 0.15) is 56.6 Å². The number of carbonyl (C=O) groups is 1. The summed E-state index contributed by atoms with van der Waals surface area (Å²) in [5.74, 6) is 0.238. The molecule has 0 aliphatic carbocycles. The smallest absolute Gasteiger partial charge is 0.342 e. The molecular weight excluding hydrogens is 320 g/mol. The second-order valence-corrected chi connectivity index (χ2v) is 7.63. The van der Waals surface area contributed by atoms with Crippen molar-refractivity contribution < 1.29 is 14.6 Å². The van der Waals surface area contributed by atoms with Crippen molar-refractivity contribution in [2.75, 3.05) is 24.5 Å². The molecule has 1 fully saturated rings. The third kappa shape index (κ3) is 5.93. The van der Waals surface area contributed by atoms with E-state index in [-0.39, 0.29) is 12.1 Å². The molecule has 1 saturated heterocycles. The molecule has 0 spiro atoms. The Morgan fingerprint density at radius 2 is 2.04 bits per heavy atom. The van der Waals surface area contributed by atoms with Gasteiger partial charge in [-0.3, -0.25) is 0 Å². The van der Waals surface area contributed by atoms with Gasteiger partial charge in [0.15, 0.2) is 5.82 Å². The fourth-order valence-electron chi connectivity index (χ4n) is 2.83. The molecule has 1 aromatic heterocycles. The molecule has 0 saturated carbocycles. The van der Waals surface area contributed by atoms with Crippen LogP contribution in [0, 0.1) is 6.92 Å². The largest absolute Gasteiger partial charge is 0.459 e. The zero-order valence-corrected chi connectivity index (χ0v) is 15.9. The predicted octanol–water partition coefficient (Wildman–Crippen LogP) is 1.68. The number of ether oxygens (including phenoxy) is 1. The molecule has 0 radical (unpaired) electrons. The number of nitrogens with one attached hydrogen (secondary N) is 1. The summed E-state index contributed by atoms with van der Waals surface area (Å²) in [4.78, 5) is 14.5. The quantitative estimate of drug-likeness (QED) is 0.755. The normalized spacial score (nSPS) is 16.4. The van der Waals surface area contributed by atoms with E-state index in [2.05, 4.69) is 20.4 Å². The average molecular weight is 350 g/mol. The van der Waals surface area contributed by atoms with E-state index in [1.165, 1.54) is 0 Å². The zero-order chi connectivity index (χ0) is 18.6. The van der Waals surface area contributed by atoms with Gasteiger partial charge in [-0.15, -0.1) is 5.10 Å². The van der Waals surface area contributed by atoms with Gasteiger partial charge in [-0.25, -0.2) is 4.79 Å². The van der Waals surface area contributed by atoms with Crippen molar-refractivity contribution in [3.05, 3.63) is 17.3 Å². The van der Waals surface area contributed by atoms with E-state index in [0.29, 0.717) is 29.7 Å². The van der Waals surface area contributed by atoms with Crippen molar-refractivity contribution in [1.82, 2.24) is 15.5 Å². The molecule has 1 aromatic rings. The maximum Gasteiger partial charge on any atom is 0.342 e. The van der Waals surface area contributed by atoms with E-state index in [1.54, 1.807) is 19.9 Å². The molecule has 0 aromatic carbocycles. The highest BCUT2D eigenvalue weighted by Crippen LogP contribution is 2.23. The first-order valence-corrected chi connectivity index (χ1v) is 8.92. The minimum Gasteiger partial charge on any atom is -0.459 e. The van der Waals surface area contributed by atoms with Crippen LogP contribution in [0.5, 0.6) is 0 Å². The van der Waals surface area contributed by atoms with Gasteiger partial charge in [0.2, 0.25) is 0 Å². The van der Waals surface area contributed by atoms with E-state index >= 15 is 0 Å². The van der Waals surface area contributed by atoms with Gasteiger partial charge in [-0.05, 0) is 53.5 Å². The topological polar surface area (TPSA) is 87.6 Å². The molecule has 2 rings (SSSR count). The van der Waals surface area contributed by atoms with Gasteiger partial charge in [0.05, 0.1) is 17.4 Å². The van der Waals surface area contributed by atoms with Crippen molar-refractivity contribution in [3.63, 3.8) is 0 Å². The summed E-state index contributed by atoms with van der Waals surface area (Å²) in [6.45, 7) is 11.2. The maximum absolute atomic E-state index is 12.4. The van der Waals surface area contributed by atoms with Crippen LogP contribution in [0.3, 0.4) is 0 Å². The number of nitrogens with zero attached hydrogens (tertiary/aromatic N) is 3. The number of rotatable bonds is 6. The number of aryl methyl sites for hydroxylation is 1. The lowest BCUT2D eigenvalue weighted by Gasteiger charge is -2.34. The summed E-state index contributed by atoms with van der Waals surface area (Å²) in [5, 5.41) is 21.6. The fourth-order valence-corrected chi connectivity index (χ4v) is 2.83. The van der Waals surface area contributed by atoms with Gasteiger partial charge in [-0.2, -0.15) is 5.10 Å². The molecule has 140 valence electrons. The van der Waals surface area contributed by atoms with Crippen molar-refractivity contribution in [3.8, 4) is 0 Å². The molecule has 2 heterocycles. The molecule has 2 N–H and O–H groups in total. The summed E-state index contributed by atoms with van der Waals surface area (Å²) >= 11 is 0. The lowest BCUT2D eigenvalue weighted by Crippen LogP contribution is -2.47. The van der Waals surface area contributed by atoms with Gasteiger partial charge in [0.25, 0.3) is 0 Å². The van der Waals surface area contributed by atoms with Gasteiger partial charge < -0.3 is 20.1 Å². The molecule has 0 amide bonds. The van der Waals surface area contributed by atoms with Crippen LogP contribution in [0.15, 0.2) is 6.07 Å². The first kappa shape index (κ1) is 19.6. The second-order valence-electron chi connectivity index (χ2n) is 7.63. The number of carbonyl (C=O) groups excluding carboxylic acids is 1. The van der Waals surface area contributed by atoms with E-state index in [9.17, 15) is 9.90 Å². The van der Waals surface area contributed by atoms with Crippen LogP contribution in [0.25, 0.3) is 0 Å². The number of esters is 1. The number of hydrogen-bond donors (Lipinski definition) is 2. The van der Waals surface area contributed by atoms with Gasteiger partial charge >= 0.3 is 5.97 Å². The number of aliphatic hydroxyl groups is 1. The predicted molar refractivity (Wildman–Crippen MR) is 96.9 cm³/mol. The van der Waals surface area contributed by atoms with E-state index < -0.39 is 5.60 Å². The Hall–Kier alpha value is -1.73. The first-order valence-electron chi connectivity index (χ1n) is 8.92. The van der Waals surface area contributed by atoms with E-state index in [0.717, 1.165) is 25.9 Å². The summed E-state index contributed by atoms with van der Waals surface area (Å²) in [5.41, 5.74) is 0.457. The molecule has 0 atom stereocenters. The molecular formula is C18H30N4O3. The van der Waals surface area contributed by atoms with Crippen molar-refractivity contribution in [1.29, 1.82) is 0 Å². The Balaban J connectivity index is 2.04. The van der Waals surface area contributed by atoms with E-state index in [4.69, 9.17) is 4.74 Å². The minimum absolute atomic E-state index is 0.175. The molecule has 25 heavy (non-hydrogen) atoms. The van der Waals surface area contributed by atoms with Gasteiger partial charge in [0.1, 0.15) is 5.56 Å². The highest BCUT2D eigenvalue weighted by atomic mass is 16.5. The van der Waals surface area contributed by atoms with Crippen LogP contribution < -0.4 is 10.2 Å². The molecule has 7 nitrogen and oxygen atoms in total. The number of hydrogen-bond acceptors (Lipinski definition) is 7. The summed E-state index contributed by atoms with van der Waals surface area (Å²) in [6, 6.07) is 2.10. The van der Waals surface area contributed by atoms with Gasteiger partial charge in [0, 0.05) is 25.7 Å². The van der Waals surface area contributed by atoms with Crippen LogP contribution in [0.2, 0.25) is 0 Å². The molecule has 1 aliphatic rings. The Morgan fingerprint density at radius 3 is 2.60 bits per heavy atom. The Labute approximate surface area is 149 Å². The van der Waals surface area contributed by atoms with Crippen LogP contribution in [-0.4, -0.2) is 58.7 Å². The van der Waals surface area contributed by atoms with Crippen molar-refractivity contribution >= 4 is 11.8 Å². The fraction of sp³-hybridized carbons (Fsp3) is 0.722. The third-order valence-corrected chi connectivity index (χ3v) is 4.08. The highest BCUT2D eigenvalue weighted by molar-refractivity contribution is 5.95.